The molecule has 0 saturated carbocycles. The summed E-state index contributed by atoms with van der Waals surface area (Å²) in [4.78, 5) is 18.3. The molecule has 4 heteroatoms. The Morgan fingerprint density at radius 2 is 2.00 bits per heavy atom. The number of primary amides is 1. The fourth-order valence-electron chi connectivity index (χ4n) is 0.665. The lowest BCUT2D eigenvalue weighted by molar-refractivity contribution is 0.0995. The second kappa shape index (κ2) is 6.11. The van der Waals surface area contributed by atoms with Crippen LogP contribution in [0.3, 0.4) is 0 Å². The Hall–Kier alpha value is -1.45. The number of nitrogens with zero attached hydrogens (tertiary/aromatic N) is 2. The molecular formula is C9H15N3O. The van der Waals surface area contributed by atoms with Crippen LogP contribution in [0.1, 0.15) is 37.0 Å². The average molecular weight is 181 g/mol. The summed E-state index contributed by atoms with van der Waals surface area (Å²) in [6.07, 6.45) is 3.76. The molecule has 1 rings (SSSR count). The molecular weight excluding hydrogens is 166 g/mol. The van der Waals surface area contributed by atoms with E-state index >= 15 is 0 Å². The zero-order valence-electron chi connectivity index (χ0n) is 8.24. The Morgan fingerprint density at radius 1 is 1.38 bits per heavy atom. The zero-order valence-corrected chi connectivity index (χ0v) is 8.24. The van der Waals surface area contributed by atoms with Crippen LogP contribution in [0.4, 0.5) is 0 Å². The summed E-state index contributed by atoms with van der Waals surface area (Å²) >= 11 is 0. The Labute approximate surface area is 78.2 Å². The van der Waals surface area contributed by atoms with Crippen LogP contribution in [0.2, 0.25) is 0 Å². The highest BCUT2D eigenvalue weighted by atomic mass is 16.1. The van der Waals surface area contributed by atoms with Crippen LogP contribution in [0.15, 0.2) is 12.4 Å². The van der Waals surface area contributed by atoms with Crippen molar-refractivity contribution in [1.82, 2.24) is 9.97 Å². The van der Waals surface area contributed by atoms with Crippen molar-refractivity contribution in [3.05, 3.63) is 23.8 Å². The van der Waals surface area contributed by atoms with E-state index in [0.717, 1.165) is 12.1 Å². The first-order valence-corrected chi connectivity index (χ1v) is 4.34. The van der Waals surface area contributed by atoms with Crippen molar-refractivity contribution >= 4 is 5.91 Å². The molecule has 0 bridgehead atoms. The smallest absolute Gasteiger partial charge is 0.268 e. The van der Waals surface area contributed by atoms with Crippen LogP contribution >= 0.6 is 0 Å². The lowest BCUT2D eigenvalue weighted by Crippen LogP contribution is -2.13. The van der Waals surface area contributed by atoms with E-state index < -0.39 is 5.91 Å². The second-order valence-corrected chi connectivity index (χ2v) is 2.11. The largest absolute Gasteiger partial charge is 0.364 e. The van der Waals surface area contributed by atoms with E-state index in [1.165, 1.54) is 6.20 Å². The van der Waals surface area contributed by atoms with Crippen molar-refractivity contribution < 1.29 is 4.79 Å². The summed E-state index contributed by atoms with van der Waals surface area (Å²) in [5.41, 5.74) is 6.03. The third kappa shape index (κ3) is 3.64. The highest BCUT2D eigenvalue weighted by Crippen LogP contribution is 1.94. The first kappa shape index (κ1) is 11.6. The number of amides is 1. The van der Waals surface area contributed by atoms with E-state index in [1.807, 2.05) is 20.8 Å². The number of carbonyl (C=O) groups is 1. The molecule has 72 valence electrons. The van der Waals surface area contributed by atoms with Gasteiger partial charge in [-0.15, -0.1) is 0 Å². The number of carbonyl (C=O) groups excluding carboxylic acids is 1. The van der Waals surface area contributed by atoms with Gasteiger partial charge in [0.15, 0.2) is 0 Å². The van der Waals surface area contributed by atoms with E-state index in [2.05, 4.69) is 9.97 Å². The Bertz CT molecular complexity index is 256. The number of hydrogen-bond acceptors (Lipinski definition) is 3. The van der Waals surface area contributed by atoms with E-state index in [4.69, 9.17) is 5.73 Å². The molecule has 0 atom stereocenters. The Kier molecular flexibility index (Phi) is 5.43. The maximum absolute atomic E-state index is 10.5. The van der Waals surface area contributed by atoms with E-state index in [0.29, 0.717) is 0 Å². The van der Waals surface area contributed by atoms with Gasteiger partial charge in [0.25, 0.3) is 5.91 Å². The summed E-state index contributed by atoms with van der Waals surface area (Å²) < 4.78 is 0. The molecule has 0 unspecified atom stereocenters. The molecule has 0 fully saturated rings. The van der Waals surface area contributed by atoms with Crippen LogP contribution in [-0.4, -0.2) is 15.9 Å². The average Bonchev–Trinajstić information content (AvgIpc) is 2.21. The molecule has 0 spiro atoms. The SMILES string of the molecule is CC.CCc1cnc(C(N)=O)cn1. The minimum atomic E-state index is -0.542. The van der Waals surface area contributed by atoms with E-state index in [-0.39, 0.29) is 5.69 Å². The lowest BCUT2D eigenvalue weighted by Gasteiger charge is -1.95. The van der Waals surface area contributed by atoms with Gasteiger partial charge < -0.3 is 5.73 Å². The topological polar surface area (TPSA) is 68.9 Å². The van der Waals surface area contributed by atoms with Gasteiger partial charge in [0.1, 0.15) is 5.69 Å². The van der Waals surface area contributed by atoms with Gasteiger partial charge in [-0.25, -0.2) is 4.98 Å². The minimum Gasteiger partial charge on any atom is -0.364 e. The molecule has 2 N–H and O–H groups in total. The van der Waals surface area contributed by atoms with Crippen molar-refractivity contribution in [3.8, 4) is 0 Å². The quantitative estimate of drug-likeness (QED) is 0.744. The van der Waals surface area contributed by atoms with E-state index in [1.54, 1.807) is 6.20 Å². The van der Waals surface area contributed by atoms with Crippen LogP contribution in [-0.2, 0) is 6.42 Å². The maximum Gasteiger partial charge on any atom is 0.268 e. The highest BCUT2D eigenvalue weighted by molar-refractivity contribution is 5.90. The molecule has 1 amide bonds. The van der Waals surface area contributed by atoms with Gasteiger partial charge in [-0.3, -0.25) is 9.78 Å². The summed E-state index contributed by atoms with van der Waals surface area (Å²) in [6.45, 7) is 5.97. The first-order chi connectivity index (χ1) is 6.24. The van der Waals surface area contributed by atoms with Crippen LogP contribution < -0.4 is 5.73 Å². The number of nitrogens with two attached hydrogens (primary N) is 1. The summed E-state index contributed by atoms with van der Waals surface area (Å²) in [7, 11) is 0. The number of rotatable bonds is 2. The molecule has 0 saturated heterocycles. The summed E-state index contributed by atoms with van der Waals surface area (Å²) in [6, 6.07) is 0. The molecule has 1 aromatic heterocycles. The summed E-state index contributed by atoms with van der Waals surface area (Å²) in [5.74, 6) is -0.542. The molecule has 0 aliphatic rings. The fourth-order valence-corrected chi connectivity index (χ4v) is 0.665. The van der Waals surface area contributed by atoms with Gasteiger partial charge in [-0.2, -0.15) is 0 Å². The molecule has 1 heterocycles. The molecule has 0 aliphatic heterocycles. The third-order valence-electron chi connectivity index (χ3n) is 1.32. The lowest BCUT2D eigenvalue weighted by atomic mass is 10.3. The maximum atomic E-state index is 10.5. The Morgan fingerprint density at radius 3 is 2.31 bits per heavy atom. The van der Waals surface area contributed by atoms with Gasteiger partial charge in [0, 0.05) is 6.20 Å². The highest BCUT2D eigenvalue weighted by Gasteiger charge is 2.00. The van der Waals surface area contributed by atoms with Crippen LogP contribution in [0.25, 0.3) is 0 Å². The Balaban J connectivity index is 0.000000671. The molecule has 0 aromatic carbocycles. The summed E-state index contributed by atoms with van der Waals surface area (Å²) in [5, 5.41) is 0. The minimum absolute atomic E-state index is 0.210. The fraction of sp³-hybridized carbons (Fsp3) is 0.444. The van der Waals surface area contributed by atoms with Crippen LogP contribution in [0.5, 0.6) is 0 Å². The molecule has 1 aromatic rings. The van der Waals surface area contributed by atoms with Crippen molar-refractivity contribution in [1.29, 1.82) is 0 Å². The van der Waals surface area contributed by atoms with Crippen molar-refractivity contribution in [2.75, 3.05) is 0 Å². The van der Waals surface area contributed by atoms with Crippen molar-refractivity contribution in [2.45, 2.75) is 27.2 Å². The molecule has 0 radical (unpaired) electrons. The number of aromatic nitrogens is 2. The number of hydrogen-bond donors (Lipinski definition) is 1. The van der Waals surface area contributed by atoms with Crippen LogP contribution in [0, 0.1) is 0 Å². The van der Waals surface area contributed by atoms with Gasteiger partial charge in [-0.05, 0) is 6.42 Å². The molecule has 13 heavy (non-hydrogen) atoms. The standard InChI is InChI=1S/C7H9N3O.C2H6/c1-2-5-3-10-6(4-9-5)7(8)11;1-2/h3-4H,2H2,1H3,(H2,8,11);1-2H3. The molecule has 0 aliphatic carbocycles. The van der Waals surface area contributed by atoms with Gasteiger partial charge in [-0.1, -0.05) is 20.8 Å². The van der Waals surface area contributed by atoms with Gasteiger partial charge >= 0.3 is 0 Å². The monoisotopic (exact) mass is 181 g/mol. The zero-order chi connectivity index (χ0) is 10.3. The molecule has 4 nitrogen and oxygen atoms in total. The predicted molar refractivity (Wildman–Crippen MR) is 51.3 cm³/mol. The van der Waals surface area contributed by atoms with Crippen molar-refractivity contribution in [2.24, 2.45) is 5.73 Å². The van der Waals surface area contributed by atoms with E-state index in [9.17, 15) is 4.79 Å². The second-order valence-electron chi connectivity index (χ2n) is 2.11. The van der Waals surface area contributed by atoms with Gasteiger partial charge in [0.05, 0.1) is 11.9 Å². The predicted octanol–water partition coefficient (Wildman–Crippen LogP) is 1.16. The number of aryl methyl sites for hydroxylation is 1. The van der Waals surface area contributed by atoms with Gasteiger partial charge in [0.2, 0.25) is 0 Å². The third-order valence-corrected chi connectivity index (χ3v) is 1.32. The van der Waals surface area contributed by atoms with Crippen molar-refractivity contribution in [3.63, 3.8) is 0 Å². The first-order valence-electron chi connectivity index (χ1n) is 4.34. The normalized spacial score (nSPS) is 8.54.